The Balaban J connectivity index is 1.46. The first-order chi connectivity index (χ1) is 16.8. The van der Waals surface area contributed by atoms with Crippen LogP contribution < -0.4 is 16.7 Å². The first kappa shape index (κ1) is 23.5. The fraction of sp³-hybridized carbons (Fsp3) is 0.280. The van der Waals surface area contributed by atoms with E-state index in [2.05, 4.69) is 51.4 Å². The van der Waals surface area contributed by atoms with Crippen LogP contribution in [0.1, 0.15) is 17.5 Å². The molecule has 10 heteroatoms. The van der Waals surface area contributed by atoms with Gasteiger partial charge in [-0.3, -0.25) is 0 Å². The number of nitrogens with one attached hydrogen (secondary N) is 1. The van der Waals surface area contributed by atoms with E-state index >= 15 is 0 Å². The van der Waals surface area contributed by atoms with Gasteiger partial charge in [0.25, 0.3) is 0 Å². The van der Waals surface area contributed by atoms with Crippen molar-refractivity contribution in [1.29, 1.82) is 0 Å². The lowest BCUT2D eigenvalue weighted by Crippen LogP contribution is -2.26. The summed E-state index contributed by atoms with van der Waals surface area (Å²) in [7, 11) is 4.23. The second kappa shape index (κ2) is 9.45. The highest BCUT2D eigenvalue weighted by atomic mass is 35.5. The summed E-state index contributed by atoms with van der Waals surface area (Å²) in [6, 6.07) is 11.3. The Morgan fingerprint density at radius 3 is 2.66 bits per heavy atom. The van der Waals surface area contributed by atoms with Crippen molar-refractivity contribution in [2.45, 2.75) is 19.3 Å². The highest BCUT2D eigenvalue weighted by molar-refractivity contribution is 6.37. The lowest BCUT2D eigenvalue weighted by Gasteiger charge is -2.27. The van der Waals surface area contributed by atoms with E-state index in [-0.39, 0.29) is 27.2 Å². The molecular weight excluding hydrogens is 485 g/mol. The summed E-state index contributed by atoms with van der Waals surface area (Å²) in [4.78, 5) is 28.1. The van der Waals surface area contributed by atoms with Gasteiger partial charge in [0, 0.05) is 18.4 Å². The van der Waals surface area contributed by atoms with Crippen LogP contribution in [0.15, 0.2) is 47.4 Å². The largest absolute Gasteiger partial charge is 0.384 e. The molecule has 180 valence electrons. The molecule has 4 aromatic rings. The molecule has 0 spiro atoms. The van der Waals surface area contributed by atoms with Crippen LogP contribution in [0.25, 0.3) is 16.7 Å². The van der Waals surface area contributed by atoms with Gasteiger partial charge in [-0.05, 0) is 74.7 Å². The molecule has 35 heavy (non-hydrogen) atoms. The van der Waals surface area contributed by atoms with Crippen molar-refractivity contribution < 1.29 is 0 Å². The van der Waals surface area contributed by atoms with E-state index < -0.39 is 5.69 Å². The van der Waals surface area contributed by atoms with E-state index in [1.807, 2.05) is 6.07 Å². The molecule has 1 aliphatic rings. The third kappa shape index (κ3) is 4.69. The molecule has 5 rings (SSSR count). The summed E-state index contributed by atoms with van der Waals surface area (Å²) < 4.78 is 1.18. The van der Waals surface area contributed by atoms with E-state index in [1.54, 1.807) is 24.4 Å². The molecule has 2 aromatic carbocycles. The maximum atomic E-state index is 12.9. The number of hydrogen-bond acceptors (Lipinski definition) is 7. The Hall–Kier alpha value is -3.20. The van der Waals surface area contributed by atoms with Gasteiger partial charge in [-0.1, -0.05) is 35.3 Å². The predicted octanol–water partition coefficient (Wildman–Crippen LogP) is 4.47. The van der Waals surface area contributed by atoms with Crippen molar-refractivity contribution in [3.8, 4) is 5.69 Å². The normalized spacial score (nSPS) is 15.4. The Kier molecular flexibility index (Phi) is 6.35. The van der Waals surface area contributed by atoms with Gasteiger partial charge in [-0.15, -0.1) is 0 Å². The zero-order valence-corrected chi connectivity index (χ0v) is 20.9. The van der Waals surface area contributed by atoms with Crippen molar-refractivity contribution in [3.63, 3.8) is 0 Å². The number of nitrogens with zero attached hydrogens (tertiary/aromatic N) is 5. The molecule has 0 fully saturated rings. The second-order valence-electron chi connectivity index (χ2n) is 9.10. The van der Waals surface area contributed by atoms with Crippen LogP contribution in [-0.4, -0.2) is 45.1 Å². The van der Waals surface area contributed by atoms with E-state index in [1.165, 1.54) is 22.1 Å². The number of nitrogen functional groups attached to an aromatic ring is 1. The number of fused-ring (bicyclic) bond motifs is 2. The highest BCUT2D eigenvalue weighted by Gasteiger charge is 2.20. The van der Waals surface area contributed by atoms with Crippen LogP contribution in [0.3, 0.4) is 0 Å². The number of aromatic nitrogens is 4. The van der Waals surface area contributed by atoms with Gasteiger partial charge in [0.2, 0.25) is 5.95 Å². The number of hydrogen-bond donors (Lipinski definition) is 2. The number of para-hydroxylation sites is 1. The van der Waals surface area contributed by atoms with Gasteiger partial charge in [0.05, 0.1) is 21.1 Å². The van der Waals surface area contributed by atoms with Gasteiger partial charge < -0.3 is 16.0 Å². The van der Waals surface area contributed by atoms with Gasteiger partial charge in [0.15, 0.2) is 5.65 Å². The number of aryl methyl sites for hydroxylation is 1. The van der Waals surface area contributed by atoms with Crippen molar-refractivity contribution in [2.24, 2.45) is 5.92 Å². The summed E-state index contributed by atoms with van der Waals surface area (Å²) in [5.41, 5.74) is 9.77. The minimum Gasteiger partial charge on any atom is -0.384 e. The van der Waals surface area contributed by atoms with Crippen LogP contribution in [0, 0.1) is 5.92 Å². The smallest absolute Gasteiger partial charge is 0.355 e. The number of rotatable bonds is 5. The molecule has 0 saturated carbocycles. The van der Waals surface area contributed by atoms with E-state index in [0.717, 1.165) is 25.1 Å². The summed E-state index contributed by atoms with van der Waals surface area (Å²) in [6.45, 7) is 1.08. The monoisotopic (exact) mass is 509 g/mol. The molecule has 1 atom stereocenters. The van der Waals surface area contributed by atoms with E-state index in [0.29, 0.717) is 17.3 Å². The summed E-state index contributed by atoms with van der Waals surface area (Å²) in [5, 5.41) is 4.23. The van der Waals surface area contributed by atoms with E-state index in [9.17, 15) is 4.79 Å². The fourth-order valence-electron chi connectivity index (χ4n) is 4.69. The lowest BCUT2D eigenvalue weighted by molar-refractivity contribution is 0.303. The number of benzene rings is 2. The average Bonchev–Trinajstić information content (AvgIpc) is 2.80. The summed E-state index contributed by atoms with van der Waals surface area (Å²) in [5.74, 6) is 1.09. The molecule has 0 radical (unpaired) electrons. The van der Waals surface area contributed by atoms with Crippen molar-refractivity contribution in [3.05, 3.63) is 74.3 Å². The van der Waals surface area contributed by atoms with Crippen LogP contribution in [-0.2, 0) is 12.8 Å². The maximum absolute atomic E-state index is 12.9. The third-order valence-electron chi connectivity index (χ3n) is 6.26. The minimum absolute atomic E-state index is 0.113. The number of nitrogens with two attached hydrogens (primary N) is 1. The molecule has 1 aliphatic carbocycles. The number of halogens is 2. The topological polar surface area (TPSA) is 102 Å². The Bertz CT molecular complexity index is 1460. The Labute approximate surface area is 212 Å². The Morgan fingerprint density at radius 2 is 1.91 bits per heavy atom. The van der Waals surface area contributed by atoms with Crippen LogP contribution >= 0.6 is 23.2 Å². The van der Waals surface area contributed by atoms with Crippen LogP contribution in [0.5, 0.6) is 0 Å². The molecule has 3 N–H and O–H groups in total. The summed E-state index contributed by atoms with van der Waals surface area (Å²) in [6.07, 6.45) is 4.88. The molecule has 2 aromatic heterocycles. The first-order valence-corrected chi connectivity index (χ1v) is 12.1. The zero-order valence-electron chi connectivity index (χ0n) is 19.4. The quantitative estimate of drug-likeness (QED) is 0.408. The van der Waals surface area contributed by atoms with Gasteiger partial charge >= 0.3 is 5.69 Å². The fourth-order valence-corrected chi connectivity index (χ4v) is 5.26. The molecular formula is C25H25Cl2N7O. The average molecular weight is 510 g/mol. The van der Waals surface area contributed by atoms with Crippen molar-refractivity contribution in [2.75, 3.05) is 31.7 Å². The SMILES string of the molecule is CN(C)CC1CCc2ccc(Nc3ncc4c(N)n(-c5c(Cl)cccc5Cl)c(=O)nc4n3)cc2C1. The molecule has 0 saturated heterocycles. The molecule has 0 amide bonds. The van der Waals surface area contributed by atoms with Crippen LogP contribution in [0.2, 0.25) is 10.0 Å². The van der Waals surface area contributed by atoms with Gasteiger partial charge in [-0.25, -0.2) is 14.3 Å². The van der Waals surface area contributed by atoms with E-state index in [4.69, 9.17) is 28.9 Å². The summed E-state index contributed by atoms with van der Waals surface area (Å²) >= 11 is 12.6. The van der Waals surface area contributed by atoms with Crippen molar-refractivity contribution in [1.82, 2.24) is 24.4 Å². The molecule has 0 aliphatic heterocycles. The molecule has 1 unspecified atom stereocenters. The minimum atomic E-state index is -0.629. The van der Waals surface area contributed by atoms with Gasteiger partial charge in [0.1, 0.15) is 5.82 Å². The predicted molar refractivity (Wildman–Crippen MR) is 141 cm³/mol. The highest BCUT2D eigenvalue weighted by Crippen LogP contribution is 2.31. The lowest BCUT2D eigenvalue weighted by atomic mass is 9.83. The van der Waals surface area contributed by atoms with Gasteiger partial charge in [-0.2, -0.15) is 9.97 Å². The van der Waals surface area contributed by atoms with Crippen LogP contribution in [0.4, 0.5) is 17.5 Å². The number of anilines is 3. The second-order valence-corrected chi connectivity index (χ2v) is 9.91. The third-order valence-corrected chi connectivity index (χ3v) is 6.87. The Morgan fingerprint density at radius 1 is 1.14 bits per heavy atom. The molecule has 8 nitrogen and oxygen atoms in total. The molecule has 2 heterocycles. The van der Waals surface area contributed by atoms with Crippen molar-refractivity contribution >= 4 is 51.7 Å². The first-order valence-electron chi connectivity index (χ1n) is 11.3. The maximum Gasteiger partial charge on any atom is 0.355 e. The zero-order chi connectivity index (χ0) is 24.7. The standard InChI is InChI=1S/C25H25Cl2N7O/c1-33(2)13-14-6-7-15-8-9-17(11-16(15)10-14)30-24-29-12-18-22(28)34(25(35)32-23(18)31-24)21-19(26)4-3-5-20(21)27/h3-5,8-9,11-12,14H,6-7,10,13,28H2,1-2H3,(H,30,31,32,35). The molecule has 0 bridgehead atoms.